The first-order valence-electron chi connectivity index (χ1n) is 4.76. The Hall–Kier alpha value is -1.03. The molecular weight excluding hydrogens is 182 g/mol. The molecule has 0 aliphatic carbocycles. The standard InChI is InChI=1S/C10H19NO3/c1-5-13-10(12)6-9(11-4)7-14-8(2)3/h6,8,11H,5,7H2,1-4H3/b9-6-. The molecule has 0 bridgehead atoms. The van der Waals surface area contributed by atoms with Crippen LogP contribution in [0.1, 0.15) is 20.8 Å². The Morgan fingerprint density at radius 3 is 2.57 bits per heavy atom. The highest BCUT2D eigenvalue weighted by molar-refractivity contribution is 5.82. The van der Waals surface area contributed by atoms with Crippen molar-refractivity contribution in [2.45, 2.75) is 26.9 Å². The van der Waals surface area contributed by atoms with E-state index in [1.54, 1.807) is 14.0 Å². The second kappa shape index (κ2) is 7.38. The highest BCUT2D eigenvalue weighted by Crippen LogP contribution is 1.95. The fourth-order valence-corrected chi connectivity index (χ4v) is 0.769. The van der Waals surface area contributed by atoms with Crippen molar-refractivity contribution in [3.63, 3.8) is 0 Å². The molecule has 0 spiro atoms. The summed E-state index contributed by atoms with van der Waals surface area (Å²) in [7, 11) is 1.74. The summed E-state index contributed by atoms with van der Waals surface area (Å²) in [5.74, 6) is -0.343. The molecule has 14 heavy (non-hydrogen) atoms. The Morgan fingerprint density at radius 1 is 1.50 bits per heavy atom. The molecule has 0 aromatic rings. The van der Waals surface area contributed by atoms with E-state index < -0.39 is 0 Å². The molecule has 0 saturated carbocycles. The largest absolute Gasteiger partial charge is 0.463 e. The minimum absolute atomic E-state index is 0.147. The van der Waals surface area contributed by atoms with Crippen LogP contribution < -0.4 is 5.32 Å². The average Bonchev–Trinajstić information content (AvgIpc) is 2.12. The van der Waals surface area contributed by atoms with Gasteiger partial charge in [0.25, 0.3) is 0 Å². The van der Waals surface area contributed by atoms with Crippen molar-refractivity contribution < 1.29 is 14.3 Å². The van der Waals surface area contributed by atoms with E-state index in [1.807, 2.05) is 13.8 Å². The summed E-state index contributed by atoms with van der Waals surface area (Å²) in [5, 5.41) is 2.88. The molecule has 0 unspecified atom stereocenters. The maximum atomic E-state index is 11.1. The van der Waals surface area contributed by atoms with Gasteiger partial charge in [-0.1, -0.05) is 0 Å². The lowest BCUT2D eigenvalue weighted by molar-refractivity contribution is -0.137. The SMILES string of the molecule is CCOC(=O)/C=C(/COC(C)C)NC. The quantitative estimate of drug-likeness (QED) is 0.516. The van der Waals surface area contributed by atoms with Gasteiger partial charge < -0.3 is 14.8 Å². The van der Waals surface area contributed by atoms with Gasteiger partial charge in [0, 0.05) is 18.8 Å². The zero-order valence-electron chi connectivity index (χ0n) is 9.29. The van der Waals surface area contributed by atoms with Gasteiger partial charge in [-0.25, -0.2) is 4.79 Å². The van der Waals surface area contributed by atoms with Crippen LogP contribution in [0.3, 0.4) is 0 Å². The Balaban J connectivity index is 4.04. The predicted octanol–water partition coefficient (Wildman–Crippen LogP) is 1.08. The summed E-state index contributed by atoms with van der Waals surface area (Å²) in [5.41, 5.74) is 0.720. The molecule has 4 nitrogen and oxygen atoms in total. The number of esters is 1. The van der Waals surface area contributed by atoms with Gasteiger partial charge in [-0.3, -0.25) is 0 Å². The Kier molecular flexibility index (Phi) is 6.84. The van der Waals surface area contributed by atoms with Gasteiger partial charge in [0.05, 0.1) is 19.3 Å². The zero-order chi connectivity index (χ0) is 11.0. The lowest BCUT2D eigenvalue weighted by atomic mass is 10.4. The smallest absolute Gasteiger partial charge is 0.332 e. The summed E-state index contributed by atoms with van der Waals surface area (Å²) >= 11 is 0. The van der Waals surface area contributed by atoms with E-state index in [1.165, 1.54) is 6.08 Å². The molecule has 0 fully saturated rings. The van der Waals surface area contributed by atoms with Crippen molar-refractivity contribution in [2.75, 3.05) is 20.3 Å². The molecule has 0 aliphatic rings. The first-order chi connectivity index (χ1) is 6.60. The average molecular weight is 201 g/mol. The van der Waals surface area contributed by atoms with E-state index in [2.05, 4.69) is 5.32 Å². The molecule has 0 rings (SSSR count). The summed E-state index contributed by atoms with van der Waals surface area (Å²) in [6.45, 7) is 6.44. The van der Waals surface area contributed by atoms with E-state index in [0.717, 1.165) is 5.70 Å². The van der Waals surface area contributed by atoms with Crippen LogP contribution in [-0.4, -0.2) is 32.3 Å². The number of likely N-dealkylation sites (N-methyl/N-ethyl adjacent to an activating group) is 1. The van der Waals surface area contributed by atoms with Crippen LogP contribution in [0.15, 0.2) is 11.8 Å². The third-order valence-corrected chi connectivity index (χ3v) is 1.47. The van der Waals surface area contributed by atoms with Gasteiger partial charge in [-0.15, -0.1) is 0 Å². The van der Waals surface area contributed by atoms with E-state index in [4.69, 9.17) is 9.47 Å². The predicted molar refractivity (Wildman–Crippen MR) is 54.9 cm³/mol. The van der Waals surface area contributed by atoms with Crippen LogP contribution >= 0.6 is 0 Å². The lowest BCUT2D eigenvalue weighted by Crippen LogP contribution is -2.17. The molecule has 0 atom stereocenters. The second-order valence-electron chi connectivity index (χ2n) is 3.03. The number of hydrogen-bond acceptors (Lipinski definition) is 4. The number of hydrogen-bond donors (Lipinski definition) is 1. The summed E-state index contributed by atoms with van der Waals surface area (Å²) in [6, 6.07) is 0. The molecule has 1 N–H and O–H groups in total. The fraction of sp³-hybridized carbons (Fsp3) is 0.700. The lowest BCUT2D eigenvalue weighted by Gasteiger charge is -2.10. The molecule has 0 saturated heterocycles. The van der Waals surface area contributed by atoms with Gasteiger partial charge in [0.15, 0.2) is 0 Å². The normalized spacial score (nSPS) is 11.6. The topological polar surface area (TPSA) is 47.6 Å². The first kappa shape index (κ1) is 13.0. The monoisotopic (exact) mass is 201 g/mol. The minimum atomic E-state index is -0.343. The summed E-state index contributed by atoms with van der Waals surface area (Å²) in [6.07, 6.45) is 1.56. The van der Waals surface area contributed by atoms with Crippen LogP contribution in [0.5, 0.6) is 0 Å². The third-order valence-electron chi connectivity index (χ3n) is 1.47. The number of ether oxygens (including phenoxy) is 2. The Labute approximate surface area is 85.3 Å². The molecule has 0 radical (unpaired) electrons. The maximum Gasteiger partial charge on any atom is 0.332 e. The van der Waals surface area contributed by atoms with Gasteiger partial charge in [0.2, 0.25) is 0 Å². The third kappa shape index (κ3) is 6.48. The van der Waals surface area contributed by atoms with E-state index in [-0.39, 0.29) is 12.1 Å². The maximum absolute atomic E-state index is 11.1. The summed E-state index contributed by atoms with van der Waals surface area (Å²) in [4.78, 5) is 11.1. The van der Waals surface area contributed by atoms with Crippen LogP contribution in [-0.2, 0) is 14.3 Å². The fourth-order valence-electron chi connectivity index (χ4n) is 0.769. The minimum Gasteiger partial charge on any atom is -0.463 e. The summed E-state index contributed by atoms with van der Waals surface area (Å²) < 4.78 is 10.1. The van der Waals surface area contributed by atoms with Gasteiger partial charge in [-0.05, 0) is 20.8 Å². The van der Waals surface area contributed by atoms with Crippen molar-refractivity contribution in [1.82, 2.24) is 5.32 Å². The molecule has 82 valence electrons. The van der Waals surface area contributed by atoms with Crippen molar-refractivity contribution >= 4 is 5.97 Å². The molecule has 0 heterocycles. The van der Waals surface area contributed by atoms with Crippen LogP contribution in [0.25, 0.3) is 0 Å². The molecular formula is C10H19NO3. The van der Waals surface area contributed by atoms with Crippen molar-refractivity contribution in [1.29, 1.82) is 0 Å². The second-order valence-corrected chi connectivity index (χ2v) is 3.03. The van der Waals surface area contributed by atoms with E-state index in [0.29, 0.717) is 13.2 Å². The van der Waals surface area contributed by atoms with Crippen LogP contribution in [0.2, 0.25) is 0 Å². The first-order valence-corrected chi connectivity index (χ1v) is 4.76. The highest BCUT2D eigenvalue weighted by atomic mass is 16.5. The molecule has 0 aromatic carbocycles. The molecule has 0 amide bonds. The van der Waals surface area contributed by atoms with Gasteiger partial charge in [-0.2, -0.15) is 0 Å². The number of rotatable bonds is 6. The molecule has 0 aromatic heterocycles. The number of nitrogens with one attached hydrogen (secondary N) is 1. The Bertz CT molecular complexity index is 200. The van der Waals surface area contributed by atoms with Crippen LogP contribution in [0, 0.1) is 0 Å². The van der Waals surface area contributed by atoms with Crippen LogP contribution in [0.4, 0.5) is 0 Å². The molecule has 4 heteroatoms. The van der Waals surface area contributed by atoms with Crippen molar-refractivity contribution in [3.05, 3.63) is 11.8 Å². The van der Waals surface area contributed by atoms with E-state index in [9.17, 15) is 4.79 Å². The molecule has 0 aliphatic heterocycles. The van der Waals surface area contributed by atoms with Gasteiger partial charge >= 0.3 is 5.97 Å². The highest BCUT2D eigenvalue weighted by Gasteiger charge is 2.02. The number of carbonyl (C=O) groups excluding carboxylic acids is 1. The Morgan fingerprint density at radius 2 is 2.14 bits per heavy atom. The van der Waals surface area contributed by atoms with E-state index >= 15 is 0 Å². The number of carbonyl (C=O) groups is 1. The van der Waals surface area contributed by atoms with Gasteiger partial charge in [0.1, 0.15) is 0 Å². The zero-order valence-corrected chi connectivity index (χ0v) is 9.29. The van der Waals surface area contributed by atoms with Crippen molar-refractivity contribution in [2.24, 2.45) is 0 Å². The van der Waals surface area contributed by atoms with Crippen molar-refractivity contribution in [3.8, 4) is 0 Å².